The summed E-state index contributed by atoms with van der Waals surface area (Å²) < 4.78 is 37.9. The molecular weight excluding hydrogens is 343 g/mol. The molecule has 25 heavy (non-hydrogen) atoms. The molecule has 5 nitrogen and oxygen atoms in total. The molecule has 0 radical (unpaired) electrons. The molecule has 0 fully saturated rings. The lowest BCUT2D eigenvalue weighted by atomic mass is 10.1. The van der Waals surface area contributed by atoms with E-state index in [0.717, 1.165) is 27.3 Å². The van der Waals surface area contributed by atoms with Gasteiger partial charge in [0.25, 0.3) is 0 Å². The highest BCUT2D eigenvalue weighted by Gasteiger charge is 2.20. The molecule has 0 saturated heterocycles. The lowest BCUT2D eigenvalue weighted by Crippen LogP contribution is -2.39. The molecule has 134 valence electrons. The van der Waals surface area contributed by atoms with Gasteiger partial charge in [0.05, 0.1) is 12.8 Å². The van der Waals surface area contributed by atoms with E-state index in [4.69, 9.17) is 0 Å². The molecule has 2 aromatic carbocycles. The fraction of sp³-hybridized carbons (Fsp3) is 0.278. The second-order valence-corrected chi connectivity index (χ2v) is 7.90. The number of nitrogens with one attached hydrogen (secondary N) is 1. The van der Waals surface area contributed by atoms with Crippen LogP contribution in [-0.4, -0.2) is 31.4 Å². The molecule has 0 unspecified atom stereocenters. The number of halogens is 1. The van der Waals surface area contributed by atoms with Crippen LogP contribution in [0, 0.1) is 12.7 Å². The van der Waals surface area contributed by atoms with Crippen molar-refractivity contribution in [3.63, 3.8) is 0 Å². The number of benzene rings is 2. The summed E-state index contributed by atoms with van der Waals surface area (Å²) in [5.74, 6) is -0.765. The van der Waals surface area contributed by atoms with Crippen molar-refractivity contribution >= 4 is 15.9 Å². The van der Waals surface area contributed by atoms with Crippen molar-refractivity contribution in [3.8, 4) is 0 Å². The number of amides is 1. The predicted molar refractivity (Wildman–Crippen MR) is 94.7 cm³/mol. The summed E-state index contributed by atoms with van der Waals surface area (Å²) >= 11 is 0. The Hall–Kier alpha value is -2.25. The number of aryl methyl sites for hydroxylation is 1. The van der Waals surface area contributed by atoms with Crippen LogP contribution in [0.1, 0.15) is 16.7 Å². The molecule has 0 atom stereocenters. The molecule has 0 spiro atoms. The summed E-state index contributed by atoms with van der Waals surface area (Å²) in [6, 6.07) is 13.2. The quantitative estimate of drug-likeness (QED) is 0.819. The molecule has 0 aromatic heterocycles. The van der Waals surface area contributed by atoms with Gasteiger partial charge in [0.15, 0.2) is 0 Å². The Morgan fingerprint density at radius 2 is 1.60 bits per heavy atom. The van der Waals surface area contributed by atoms with Crippen molar-refractivity contribution in [1.82, 2.24) is 9.62 Å². The van der Waals surface area contributed by atoms with Crippen LogP contribution in [0.15, 0.2) is 48.5 Å². The molecule has 2 aromatic rings. The highest BCUT2D eigenvalue weighted by molar-refractivity contribution is 7.88. The largest absolute Gasteiger partial charge is 0.351 e. The van der Waals surface area contributed by atoms with Gasteiger partial charge in [-0.2, -0.15) is 4.31 Å². The molecule has 2 rings (SSSR count). The van der Waals surface area contributed by atoms with Gasteiger partial charge in [-0.1, -0.05) is 42.0 Å². The standard InChI is InChI=1S/C18H21FN2O3S/c1-14-3-5-16(6-4-14)12-21(25(2,23)24)13-18(22)20-11-15-7-9-17(19)10-8-15/h3-10H,11-13H2,1-2H3,(H,20,22). The molecule has 0 aliphatic heterocycles. The van der Waals surface area contributed by atoms with Crippen molar-refractivity contribution in [2.24, 2.45) is 0 Å². The zero-order valence-corrected chi connectivity index (χ0v) is 15.0. The number of hydrogen-bond donors (Lipinski definition) is 1. The van der Waals surface area contributed by atoms with E-state index in [-0.39, 0.29) is 25.5 Å². The summed E-state index contributed by atoms with van der Waals surface area (Å²) in [7, 11) is -3.53. The second-order valence-electron chi connectivity index (χ2n) is 5.92. The van der Waals surface area contributed by atoms with E-state index in [1.54, 1.807) is 12.1 Å². The molecule has 7 heteroatoms. The van der Waals surface area contributed by atoms with E-state index in [2.05, 4.69) is 5.32 Å². The third-order valence-electron chi connectivity index (χ3n) is 3.67. The predicted octanol–water partition coefficient (Wildman–Crippen LogP) is 2.21. The molecule has 0 heterocycles. The Bertz CT molecular complexity index is 818. The van der Waals surface area contributed by atoms with Crippen LogP contribution in [0.5, 0.6) is 0 Å². The maximum absolute atomic E-state index is 12.9. The summed E-state index contributed by atoms with van der Waals surface area (Å²) in [6.07, 6.45) is 1.08. The van der Waals surface area contributed by atoms with Gasteiger partial charge in [-0.15, -0.1) is 0 Å². The van der Waals surface area contributed by atoms with Gasteiger partial charge in [-0.3, -0.25) is 4.79 Å². The first-order valence-electron chi connectivity index (χ1n) is 7.76. The average molecular weight is 364 g/mol. The highest BCUT2D eigenvalue weighted by atomic mass is 32.2. The number of hydrogen-bond acceptors (Lipinski definition) is 3. The molecule has 0 saturated carbocycles. The fourth-order valence-electron chi connectivity index (χ4n) is 2.21. The first-order valence-corrected chi connectivity index (χ1v) is 9.60. The molecular formula is C18H21FN2O3S. The smallest absolute Gasteiger partial charge is 0.235 e. The van der Waals surface area contributed by atoms with Gasteiger partial charge in [0.2, 0.25) is 15.9 Å². The summed E-state index contributed by atoms with van der Waals surface area (Å²) in [5.41, 5.74) is 2.62. The molecule has 0 aliphatic rings. The zero-order valence-electron chi connectivity index (χ0n) is 14.2. The first kappa shape index (κ1) is 19.1. The second kappa shape index (κ2) is 8.22. The zero-order chi connectivity index (χ0) is 18.4. The van der Waals surface area contributed by atoms with E-state index >= 15 is 0 Å². The van der Waals surface area contributed by atoms with Crippen LogP contribution >= 0.6 is 0 Å². The molecule has 0 aliphatic carbocycles. The van der Waals surface area contributed by atoms with E-state index in [0.29, 0.717) is 0 Å². The van der Waals surface area contributed by atoms with E-state index in [1.165, 1.54) is 12.1 Å². The summed E-state index contributed by atoms with van der Waals surface area (Å²) in [4.78, 5) is 12.1. The number of rotatable bonds is 7. The van der Waals surface area contributed by atoms with Crippen LogP contribution in [-0.2, 0) is 27.9 Å². The van der Waals surface area contributed by atoms with Crippen molar-refractivity contribution in [3.05, 3.63) is 71.0 Å². The summed E-state index contributed by atoms with van der Waals surface area (Å²) in [6.45, 7) is 2.01. The molecule has 1 amide bonds. The normalized spacial score (nSPS) is 11.5. The first-order chi connectivity index (χ1) is 11.7. The number of sulfonamides is 1. The van der Waals surface area contributed by atoms with E-state index < -0.39 is 15.9 Å². The van der Waals surface area contributed by atoms with Crippen LogP contribution in [0.3, 0.4) is 0 Å². The lowest BCUT2D eigenvalue weighted by Gasteiger charge is -2.19. The third-order valence-corrected chi connectivity index (χ3v) is 4.87. The van der Waals surface area contributed by atoms with Gasteiger partial charge in [0.1, 0.15) is 5.82 Å². The average Bonchev–Trinajstić information content (AvgIpc) is 2.55. The topological polar surface area (TPSA) is 66.5 Å². The Morgan fingerprint density at radius 1 is 1.04 bits per heavy atom. The van der Waals surface area contributed by atoms with E-state index in [9.17, 15) is 17.6 Å². The maximum Gasteiger partial charge on any atom is 0.235 e. The van der Waals surface area contributed by atoms with Crippen molar-refractivity contribution in [2.45, 2.75) is 20.0 Å². The van der Waals surface area contributed by atoms with Gasteiger partial charge < -0.3 is 5.32 Å². The highest BCUT2D eigenvalue weighted by Crippen LogP contribution is 2.10. The van der Waals surface area contributed by atoms with Gasteiger partial charge in [-0.05, 0) is 30.2 Å². The number of carbonyl (C=O) groups excluding carboxylic acids is 1. The lowest BCUT2D eigenvalue weighted by molar-refractivity contribution is -0.121. The molecule has 0 bridgehead atoms. The number of carbonyl (C=O) groups is 1. The van der Waals surface area contributed by atoms with Crippen LogP contribution in [0.25, 0.3) is 0 Å². The Labute approximate surface area is 147 Å². The Kier molecular flexibility index (Phi) is 6.27. The van der Waals surface area contributed by atoms with Crippen molar-refractivity contribution in [2.75, 3.05) is 12.8 Å². The monoisotopic (exact) mass is 364 g/mol. The van der Waals surface area contributed by atoms with Crippen LogP contribution < -0.4 is 5.32 Å². The minimum absolute atomic E-state index is 0.128. The van der Waals surface area contributed by atoms with Gasteiger partial charge in [-0.25, -0.2) is 12.8 Å². The third kappa shape index (κ3) is 6.28. The van der Waals surface area contributed by atoms with Crippen molar-refractivity contribution < 1.29 is 17.6 Å². The van der Waals surface area contributed by atoms with E-state index in [1.807, 2.05) is 31.2 Å². The SMILES string of the molecule is Cc1ccc(CN(CC(=O)NCc2ccc(F)cc2)S(C)(=O)=O)cc1. The Morgan fingerprint density at radius 3 is 2.16 bits per heavy atom. The van der Waals surface area contributed by atoms with Crippen LogP contribution in [0.4, 0.5) is 4.39 Å². The van der Waals surface area contributed by atoms with Crippen molar-refractivity contribution in [1.29, 1.82) is 0 Å². The number of nitrogens with zero attached hydrogens (tertiary/aromatic N) is 1. The minimum atomic E-state index is -3.53. The summed E-state index contributed by atoms with van der Waals surface area (Å²) in [5, 5.41) is 2.65. The van der Waals surface area contributed by atoms with Gasteiger partial charge >= 0.3 is 0 Å². The van der Waals surface area contributed by atoms with Crippen LogP contribution in [0.2, 0.25) is 0 Å². The fourth-order valence-corrected chi connectivity index (χ4v) is 2.94. The van der Waals surface area contributed by atoms with Gasteiger partial charge in [0, 0.05) is 13.1 Å². The molecule has 1 N–H and O–H groups in total. The maximum atomic E-state index is 12.9. The minimum Gasteiger partial charge on any atom is -0.351 e. The Balaban J connectivity index is 1.97.